The predicted molar refractivity (Wildman–Crippen MR) is 79.6 cm³/mol. The highest BCUT2D eigenvalue weighted by Gasteiger charge is 2.20. The molecule has 0 N–H and O–H groups in total. The minimum atomic E-state index is 0.0973. The van der Waals surface area contributed by atoms with Crippen molar-refractivity contribution in [3.8, 4) is 5.75 Å². The number of carbonyl (C=O) groups excluding carboxylic acids is 1. The van der Waals surface area contributed by atoms with Gasteiger partial charge in [0.15, 0.2) is 6.61 Å². The molecule has 0 spiro atoms. The van der Waals surface area contributed by atoms with Gasteiger partial charge in [-0.1, -0.05) is 6.92 Å². The number of piperidine rings is 1. The number of rotatable bonds is 3. The first-order chi connectivity index (χ1) is 8.65. The molecule has 1 saturated heterocycles. The Labute approximate surface area is 122 Å². The molecule has 1 atom stereocenters. The van der Waals surface area contributed by atoms with E-state index in [1.165, 1.54) is 6.42 Å². The molecule has 0 aliphatic carbocycles. The second kappa shape index (κ2) is 6.41. The third kappa shape index (κ3) is 3.86. The van der Waals surface area contributed by atoms with Crippen LogP contribution < -0.4 is 4.74 Å². The maximum atomic E-state index is 12.0. The van der Waals surface area contributed by atoms with Crippen LogP contribution in [-0.2, 0) is 4.79 Å². The smallest absolute Gasteiger partial charge is 0.260 e. The number of halogens is 1. The zero-order valence-corrected chi connectivity index (χ0v) is 12.7. The van der Waals surface area contributed by atoms with Crippen LogP contribution in [0.1, 0.15) is 19.8 Å². The number of hydrogen-bond donors (Lipinski definition) is 0. The van der Waals surface area contributed by atoms with Crippen LogP contribution in [0.3, 0.4) is 0 Å². The van der Waals surface area contributed by atoms with Crippen LogP contribution in [0.25, 0.3) is 0 Å². The fraction of sp³-hybridized carbons (Fsp3) is 0.500. The van der Waals surface area contributed by atoms with Crippen molar-refractivity contribution in [1.82, 2.24) is 4.90 Å². The van der Waals surface area contributed by atoms with E-state index in [9.17, 15) is 4.79 Å². The second-order valence-corrected chi connectivity index (χ2v) is 6.08. The highest BCUT2D eigenvalue weighted by molar-refractivity contribution is 14.1. The maximum Gasteiger partial charge on any atom is 0.260 e. The molecule has 0 aromatic heterocycles. The van der Waals surface area contributed by atoms with E-state index < -0.39 is 0 Å². The van der Waals surface area contributed by atoms with Crippen molar-refractivity contribution in [3.05, 3.63) is 27.8 Å². The summed E-state index contributed by atoms with van der Waals surface area (Å²) in [5.41, 5.74) is 0. The summed E-state index contributed by atoms with van der Waals surface area (Å²) in [6, 6.07) is 7.74. The molecule has 0 saturated carbocycles. The van der Waals surface area contributed by atoms with E-state index in [2.05, 4.69) is 29.5 Å². The number of carbonyl (C=O) groups is 1. The van der Waals surface area contributed by atoms with E-state index in [4.69, 9.17) is 4.74 Å². The van der Waals surface area contributed by atoms with E-state index in [1.54, 1.807) is 0 Å². The number of hydrogen-bond acceptors (Lipinski definition) is 2. The lowest BCUT2D eigenvalue weighted by Crippen LogP contribution is -2.41. The molecule has 1 fully saturated rings. The van der Waals surface area contributed by atoms with Gasteiger partial charge in [-0.25, -0.2) is 0 Å². The SMILES string of the molecule is CC1CCCN(C(=O)COc2ccc(I)cc2)C1. The number of likely N-dealkylation sites (tertiary alicyclic amines) is 1. The second-order valence-electron chi connectivity index (χ2n) is 4.83. The van der Waals surface area contributed by atoms with Crippen molar-refractivity contribution in [2.45, 2.75) is 19.8 Å². The van der Waals surface area contributed by atoms with Gasteiger partial charge in [0, 0.05) is 16.7 Å². The molecule has 4 heteroatoms. The summed E-state index contributed by atoms with van der Waals surface area (Å²) in [6.07, 6.45) is 2.33. The molecule has 2 rings (SSSR count). The van der Waals surface area contributed by atoms with Crippen molar-refractivity contribution >= 4 is 28.5 Å². The Morgan fingerprint density at radius 1 is 1.44 bits per heavy atom. The van der Waals surface area contributed by atoms with Crippen LogP contribution in [0.2, 0.25) is 0 Å². The first kappa shape index (κ1) is 13.6. The summed E-state index contributed by atoms with van der Waals surface area (Å²) in [5, 5.41) is 0. The zero-order valence-electron chi connectivity index (χ0n) is 10.6. The summed E-state index contributed by atoms with van der Waals surface area (Å²) in [5.74, 6) is 1.47. The molecule has 18 heavy (non-hydrogen) atoms. The number of amides is 1. The van der Waals surface area contributed by atoms with Crippen molar-refractivity contribution in [1.29, 1.82) is 0 Å². The third-order valence-electron chi connectivity index (χ3n) is 3.19. The van der Waals surface area contributed by atoms with Crippen LogP contribution in [0, 0.1) is 9.49 Å². The number of benzene rings is 1. The van der Waals surface area contributed by atoms with Crippen LogP contribution >= 0.6 is 22.6 Å². The van der Waals surface area contributed by atoms with Crippen LogP contribution in [0.5, 0.6) is 5.75 Å². The Bertz CT molecular complexity index is 405. The summed E-state index contributed by atoms with van der Waals surface area (Å²) in [7, 11) is 0. The van der Waals surface area contributed by atoms with Gasteiger partial charge >= 0.3 is 0 Å². The largest absolute Gasteiger partial charge is 0.484 e. The fourth-order valence-corrected chi connectivity index (χ4v) is 2.54. The Kier molecular flexibility index (Phi) is 4.86. The molecule has 1 aliphatic heterocycles. The molecule has 1 unspecified atom stereocenters. The Morgan fingerprint density at radius 3 is 2.83 bits per heavy atom. The van der Waals surface area contributed by atoms with Gasteiger partial charge in [0.25, 0.3) is 5.91 Å². The normalized spacial score (nSPS) is 19.7. The summed E-state index contributed by atoms with van der Waals surface area (Å²) >= 11 is 2.24. The molecule has 1 aliphatic rings. The van der Waals surface area contributed by atoms with E-state index >= 15 is 0 Å². The van der Waals surface area contributed by atoms with Gasteiger partial charge in [0.05, 0.1) is 0 Å². The topological polar surface area (TPSA) is 29.5 Å². The van der Waals surface area contributed by atoms with Gasteiger partial charge in [0.2, 0.25) is 0 Å². The lowest BCUT2D eigenvalue weighted by atomic mass is 10.0. The lowest BCUT2D eigenvalue weighted by Gasteiger charge is -2.30. The molecular weight excluding hydrogens is 341 g/mol. The molecule has 98 valence electrons. The van der Waals surface area contributed by atoms with Crippen LogP contribution in [0.4, 0.5) is 0 Å². The minimum absolute atomic E-state index is 0.0973. The van der Waals surface area contributed by atoms with Gasteiger partial charge < -0.3 is 9.64 Å². The summed E-state index contributed by atoms with van der Waals surface area (Å²) < 4.78 is 6.68. The van der Waals surface area contributed by atoms with Crippen molar-refractivity contribution in [3.63, 3.8) is 0 Å². The van der Waals surface area contributed by atoms with Gasteiger partial charge in [-0.2, -0.15) is 0 Å². The first-order valence-electron chi connectivity index (χ1n) is 6.31. The molecule has 1 aromatic carbocycles. The van der Waals surface area contributed by atoms with Crippen LogP contribution in [-0.4, -0.2) is 30.5 Å². The molecular formula is C14H18INO2. The summed E-state index contributed by atoms with van der Waals surface area (Å²) in [4.78, 5) is 13.9. The molecule has 1 aromatic rings. The molecule has 0 bridgehead atoms. The van der Waals surface area contributed by atoms with Gasteiger partial charge in [-0.15, -0.1) is 0 Å². The van der Waals surface area contributed by atoms with E-state index in [0.717, 1.165) is 28.8 Å². The summed E-state index contributed by atoms with van der Waals surface area (Å²) in [6.45, 7) is 4.08. The van der Waals surface area contributed by atoms with E-state index in [-0.39, 0.29) is 12.5 Å². The number of ether oxygens (including phenoxy) is 1. The van der Waals surface area contributed by atoms with E-state index in [0.29, 0.717) is 5.92 Å². The van der Waals surface area contributed by atoms with E-state index in [1.807, 2.05) is 29.2 Å². The quantitative estimate of drug-likeness (QED) is 0.777. The van der Waals surface area contributed by atoms with Gasteiger partial charge in [-0.05, 0) is 65.6 Å². The Hall–Kier alpha value is -0.780. The fourth-order valence-electron chi connectivity index (χ4n) is 2.18. The first-order valence-corrected chi connectivity index (χ1v) is 7.39. The highest BCUT2D eigenvalue weighted by atomic mass is 127. The standard InChI is InChI=1S/C14H18INO2/c1-11-3-2-8-16(9-11)14(17)10-18-13-6-4-12(15)5-7-13/h4-7,11H,2-3,8-10H2,1H3. The van der Waals surface area contributed by atoms with Crippen molar-refractivity contribution < 1.29 is 9.53 Å². The Morgan fingerprint density at radius 2 is 2.17 bits per heavy atom. The average molecular weight is 359 g/mol. The lowest BCUT2D eigenvalue weighted by molar-refractivity contribution is -0.135. The molecule has 0 radical (unpaired) electrons. The van der Waals surface area contributed by atoms with Crippen LogP contribution in [0.15, 0.2) is 24.3 Å². The van der Waals surface area contributed by atoms with Crippen molar-refractivity contribution in [2.24, 2.45) is 5.92 Å². The average Bonchev–Trinajstić information content (AvgIpc) is 2.38. The minimum Gasteiger partial charge on any atom is -0.484 e. The van der Waals surface area contributed by atoms with Gasteiger partial charge in [-0.3, -0.25) is 4.79 Å². The molecule has 1 amide bonds. The number of nitrogens with zero attached hydrogens (tertiary/aromatic N) is 1. The highest BCUT2D eigenvalue weighted by Crippen LogP contribution is 2.17. The zero-order chi connectivity index (χ0) is 13.0. The third-order valence-corrected chi connectivity index (χ3v) is 3.90. The molecule has 3 nitrogen and oxygen atoms in total. The maximum absolute atomic E-state index is 12.0. The molecule has 1 heterocycles. The monoisotopic (exact) mass is 359 g/mol. The van der Waals surface area contributed by atoms with Gasteiger partial charge in [0.1, 0.15) is 5.75 Å². The van der Waals surface area contributed by atoms with Crippen molar-refractivity contribution in [2.75, 3.05) is 19.7 Å². The predicted octanol–water partition coefficient (Wildman–Crippen LogP) is 2.93. The Balaban J connectivity index is 1.82.